The van der Waals surface area contributed by atoms with E-state index in [1.165, 1.54) is 0 Å². The van der Waals surface area contributed by atoms with E-state index in [0.29, 0.717) is 24.8 Å². The van der Waals surface area contributed by atoms with Gasteiger partial charge in [0.05, 0.1) is 13.2 Å². The van der Waals surface area contributed by atoms with Crippen LogP contribution in [-0.2, 0) is 9.47 Å². The van der Waals surface area contributed by atoms with Crippen molar-refractivity contribution in [1.29, 1.82) is 0 Å². The minimum Gasteiger partial charge on any atom is -0.492 e. The van der Waals surface area contributed by atoms with Crippen molar-refractivity contribution in [3.8, 4) is 5.75 Å². The predicted octanol–water partition coefficient (Wildman–Crippen LogP) is 1.29. The van der Waals surface area contributed by atoms with E-state index in [2.05, 4.69) is 4.90 Å². The molecule has 5 nitrogen and oxygen atoms in total. The van der Waals surface area contributed by atoms with E-state index in [4.69, 9.17) is 32.2 Å². The summed E-state index contributed by atoms with van der Waals surface area (Å²) in [5.41, 5.74) is 6.40. The van der Waals surface area contributed by atoms with Crippen molar-refractivity contribution in [2.75, 3.05) is 53.7 Å². The zero-order chi connectivity index (χ0) is 15.5. The van der Waals surface area contributed by atoms with Crippen LogP contribution in [0.4, 0.5) is 0 Å². The summed E-state index contributed by atoms with van der Waals surface area (Å²) in [5, 5.41) is 0. The van der Waals surface area contributed by atoms with Crippen LogP contribution in [0, 0.1) is 0 Å². The number of thiocarbonyl (C=S) groups is 1. The Morgan fingerprint density at radius 2 is 1.52 bits per heavy atom. The van der Waals surface area contributed by atoms with Crippen LogP contribution in [0.25, 0.3) is 0 Å². The number of nitrogens with zero attached hydrogens (tertiary/aromatic N) is 1. The van der Waals surface area contributed by atoms with Crippen molar-refractivity contribution in [1.82, 2.24) is 4.90 Å². The molecule has 0 unspecified atom stereocenters. The maximum absolute atomic E-state index is 5.72. The Labute approximate surface area is 132 Å². The van der Waals surface area contributed by atoms with Gasteiger partial charge in [0.25, 0.3) is 0 Å². The lowest BCUT2D eigenvalue weighted by atomic mass is 10.2. The molecule has 1 rings (SSSR count). The number of ether oxygens (including phenoxy) is 3. The first-order valence-electron chi connectivity index (χ1n) is 6.90. The number of methoxy groups -OCH3 is 2. The lowest BCUT2D eigenvalue weighted by molar-refractivity contribution is 0.104. The van der Waals surface area contributed by atoms with E-state index < -0.39 is 0 Å². The zero-order valence-corrected chi connectivity index (χ0v) is 13.5. The van der Waals surface area contributed by atoms with Gasteiger partial charge in [-0.2, -0.15) is 0 Å². The smallest absolute Gasteiger partial charge is 0.119 e. The molecule has 0 aliphatic heterocycles. The summed E-state index contributed by atoms with van der Waals surface area (Å²) < 4.78 is 15.9. The molecule has 0 saturated heterocycles. The van der Waals surface area contributed by atoms with Crippen molar-refractivity contribution in [3.05, 3.63) is 29.8 Å². The van der Waals surface area contributed by atoms with Crippen LogP contribution in [0.2, 0.25) is 0 Å². The molecule has 118 valence electrons. The van der Waals surface area contributed by atoms with E-state index in [1.807, 2.05) is 24.3 Å². The van der Waals surface area contributed by atoms with Gasteiger partial charge in [-0.25, -0.2) is 0 Å². The molecule has 0 bridgehead atoms. The third-order valence-electron chi connectivity index (χ3n) is 3.04. The van der Waals surface area contributed by atoms with E-state index in [0.717, 1.165) is 30.9 Å². The zero-order valence-electron chi connectivity index (χ0n) is 12.7. The van der Waals surface area contributed by atoms with Gasteiger partial charge >= 0.3 is 0 Å². The van der Waals surface area contributed by atoms with Gasteiger partial charge in [0, 0.05) is 39.4 Å². The molecular weight excluding hydrogens is 288 g/mol. The molecule has 0 fully saturated rings. The van der Waals surface area contributed by atoms with Crippen LogP contribution >= 0.6 is 12.2 Å². The van der Waals surface area contributed by atoms with Crippen LogP contribution < -0.4 is 10.5 Å². The Kier molecular flexibility index (Phi) is 8.93. The van der Waals surface area contributed by atoms with E-state index in [9.17, 15) is 0 Å². The molecule has 0 aliphatic rings. The third kappa shape index (κ3) is 7.38. The van der Waals surface area contributed by atoms with Crippen LogP contribution in [0.1, 0.15) is 5.56 Å². The Balaban J connectivity index is 2.36. The topological polar surface area (TPSA) is 57.0 Å². The molecule has 21 heavy (non-hydrogen) atoms. The molecule has 0 amide bonds. The number of hydrogen-bond acceptors (Lipinski definition) is 5. The van der Waals surface area contributed by atoms with Gasteiger partial charge in [0.2, 0.25) is 0 Å². The summed E-state index contributed by atoms with van der Waals surface area (Å²) in [6, 6.07) is 7.49. The van der Waals surface area contributed by atoms with Gasteiger partial charge in [-0.3, -0.25) is 4.90 Å². The minimum atomic E-state index is 0.395. The van der Waals surface area contributed by atoms with E-state index >= 15 is 0 Å². The van der Waals surface area contributed by atoms with Gasteiger partial charge in [0.15, 0.2) is 0 Å². The third-order valence-corrected chi connectivity index (χ3v) is 3.27. The minimum absolute atomic E-state index is 0.395. The van der Waals surface area contributed by atoms with Crippen molar-refractivity contribution >= 4 is 17.2 Å². The van der Waals surface area contributed by atoms with E-state index in [1.54, 1.807) is 14.2 Å². The van der Waals surface area contributed by atoms with Crippen molar-refractivity contribution in [2.24, 2.45) is 5.73 Å². The number of nitrogens with two attached hydrogens (primary N) is 1. The van der Waals surface area contributed by atoms with Crippen molar-refractivity contribution < 1.29 is 14.2 Å². The maximum atomic E-state index is 5.72. The molecule has 6 heteroatoms. The quantitative estimate of drug-likeness (QED) is 0.622. The first-order chi connectivity index (χ1) is 10.2. The SMILES string of the molecule is COCCN(CCOC)CCOc1ccc(C(N)=S)cc1. The fourth-order valence-corrected chi connectivity index (χ4v) is 1.92. The summed E-state index contributed by atoms with van der Waals surface area (Å²) in [4.78, 5) is 2.64. The lowest BCUT2D eigenvalue weighted by Crippen LogP contribution is -2.34. The molecule has 1 aromatic carbocycles. The monoisotopic (exact) mass is 312 g/mol. The van der Waals surface area contributed by atoms with Crippen LogP contribution in [-0.4, -0.2) is 63.6 Å². The predicted molar refractivity (Wildman–Crippen MR) is 88.0 cm³/mol. The molecular formula is C15H24N2O3S. The first-order valence-corrected chi connectivity index (χ1v) is 7.31. The highest BCUT2D eigenvalue weighted by atomic mass is 32.1. The van der Waals surface area contributed by atoms with Gasteiger partial charge in [-0.15, -0.1) is 0 Å². The fraction of sp³-hybridized carbons (Fsp3) is 0.533. The fourth-order valence-electron chi connectivity index (χ4n) is 1.78. The highest BCUT2D eigenvalue weighted by Crippen LogP contribution is 2.12. The Morgan fingerprint density at radius 1 is 1.00 bits per heavy atom. The first kappa shape index (κ1) is 17.8. The number of benzene rings is 1. The van der Waals surface area contributed by atoms with Gasteiger partial charge in [-0.1, -0.05) is 12.2 Å². The number of rotatable bonds is 11. The normalized spacial score (nSPS) is 10.8. The lowest BCUT2D eigenvalue weighted by Gasteiger charge is -2.21. The summed E-state index contributed by atoms with van der Waals surface area (Å²) in [6.07, 6.45) is 0. The van der Waals surface area contributed by atoms with Crippen LogP contribution in [0.3, 0.4) is 0 Å². The Bertz CT molecular complexity index is 404. The van der Waals surface area contributed by atoms with Crippen molar-refractivity contribution in [3.63, 3.8) is 0 Å². The number of hydrogen-bond donors (Lipinski definition) is 1. The Morgan fingerprint density at radius 3 is 2.00 bits per heavy atom. The summed E-state index contributed by atoms with van der Waals surface area (Å²) in [6.45, 7) is 4.57. The van der Waals surface area contributed by atoms with Crippen LogP contribution in [0.15, 0.2) is 24.3 Å². The van der Waals surface area contributed by atoms with E-state index in [-0.39, 0.29) is 0 Å². The standard InChI is InChI=1S/C15H24N2O3S/c1-18-10-7-17(8-11-19-2)9-12-20-14-5-3-13(4-6-14)15(16)21/h3-6H,7-12H2,1-2H3,(H2,16,21). The second kappa shape index (κ2) is 10.5. The molecule has 1 aromatic rings. The van der Waals surface area contributed by atoms with Gasteiger partial charge in [0.1, 0.15) is 17.3 Å². The largest absolute Gasteiger partial charge is 0.492 e. The molecule has 2 N–H and O–H groups in total. The maximum Gasteiger partial charge on any atom is 0.119 e. The Hall–Kier alpha value is -1.21. The molecule has 0 saturated carbocycles. The summed E-state index contributed by atoms with van der Waals surface area (Å²) >= 11 is 4.91. The van der Waals surface area contributed by atoms with Crippen LogP contribution in [0.5, 0.6) is 5.75 Å². The highest BCUT2D eigenvalue weighted by molar-refractivity contribution is 7.80. The molecule has 0 radical (unpaired) electrons. The van der Waals surface area contributed by atoms with Gasteiger partial charge < -0.3 is 19.9 Å². The second-order valence-electron chi connectivity index (χ2n) is 4.56. The molecule has 0 atom stereocenters. The summed E-state index contributed by atoms with van der Waals surface area (Å²) in [7, 11) is 3.41. The molecule has 0 aromatic heterocycles. The van der Waals surface area contributed by atoms with Gasteiger partial charge in [-0.05, 0) is 24.3 Å². The molecule has 0 aliphatic carbocycles. The average molecular weight is 312 g/mol. The summed E-state index contributed by atoms with van der Waals surface area (Å²) in [5.74, 6) is 0.813. The highest BCUT2D eigenvalue weighted by Gasteiger charge is 2.05. The molecule has 0 heterocycles. The van der Waals surface area contributed by atoms with Crippen molar-refractivity contribution in [2.45, 2.75) is 0 Å². The average Bonchev–Trinajstić information content (AvgIpc) is 2.50. The second-order valence-corrected chi connectivity index (χ2v) is 5.00. The molecule has 0 spiro atoms.